The van der Waals surface area contributed by atoms with E-state index in [1.165, 1.54) is 0 Å². The van der Waals surface area contributed by atoms with E-state index in [1.807, 2.05) is 11.5 Å². The molecular weight excluding hydrogens is 308 g/mol. The van der Waals surface area contributed by atoms with Crippen LogP contribution in [0.1, 0.15) is 26.5 Å². The third-order valence-electron chi connectivity index (χ3n) is 2.83. The zero-order valence-corrected chi connectivity index (χ0v) is 12.9. The number of imidazole rings is 1. The van der Waals surface area contributed by atoms with Gasteiger partial charge in [0.15, 0.2) is 5.82 Å². The van der Waals surface area contributed by atoms with Gasteiger partial charge < -0.3 is 9.55 Å². The highest BCUT2D eigenvalue weighted by Crippen LogP contribution is 2.18. The van der Waals surface area contributed by atoms with Crippen LogP contribution in [0.2, 0.25) is 0 Å². The molecule has 2 aromatic rings. The minimum Gasteiger partial charge on any atom is -0.328 e. The molecule has 0 fully saturated rings. The second-order valence-corrected chi connectivity index (χ2v) is 5.63. The average Bonchev–Trinajstić information content (AvgIpc) is 2.82. The molecule has 0 saturated carbocycles. The summed E-state index contributed by atoms with van der Waals surface area (Å²) in [6, 6.07) is 0. The minimum absolute atomic E-state index is 0.149. The predicted octanol–water partition coefficient (Wildman–Crippen LogP) is 2.61. The molecule has 0 aliphatic carbocycles. The van der Waals surface area contributed by atoms with Crippen molar-refractivity contribution in [3.8, 4) is 11.5 Å². The van der Waals surface area contributed by atoms with Crippen LogP contribution in [0.15, 0.2) is 21.8 Å². The van der Waals surface area contributed by atoms with E-state index in [2.05, 4.69) is 44.7 Å². The van der Waals surface area contributed by atoms with Crippen LogP contribution in [0.25, 0.3) is 11.5 Å². The van der Waals surface area contributed by atoms with Gasteiger partial charge in [-0.05, 0) is 35.2 Å². The molecular formula is C13H17BrN4O. The topological polar surface area (TPSA) is 63.6 Å². The lowest BCUT2D eigenvalue weighted by atomic mass is 10.1. The predicted molar refractivity (Wildman–Crippen MR) is 78.0 cm³/mol. The van der Waals surface area contributed by atoms with Crippen molar-refractivity contribution in [1.29, 1.82) is 0 Å². The summed E-state index contributed by atoms with van der Waals surface area (Å²) < 4.78 is 2.47. The molecule has 0 unspecified atom stereocenters. The third-order valence-corrected chi connectivity index (χ3v) is 3.65. The Labute approximate surface area is 120 Å². The number of rotatable bonds is 4. The van der Waals surface area contributed by atoms with Gasteiger partial charge in [0.1, 0.15) is 10.2 Å². The van der Waals surface area contributed by atoms with E-state index in [0.29, 0.717) is 16.2 Å². The van der Waals surface area contributed by atoms with Crippen LogP contribution in [0.4, 0.5) is 0 Å². The van der Waals surface area contributed by atoms with Crippen molar-refractivity contribution in [3.05, 3.63) is 33.0 Å². The lowest BCUT2D eigenvalue weighted by molar-refractivity contribution is 0.630. The van der Waals surface area contributed by atoms with Crippen LogP contribution in [0, 0.1) is 5.92 Å². The minimum atomic E-state index is -0.149. The summed E-state index contributed by atoms with van der Waals surface area (Å²) in [6.07, 6.45) is 4.21. The van der Waals surface area contributed by atoms with Gasteiger partial charge in [-0.25, -0.2) is 9.97 Å². The zero-order valence-electron chi connectivity index (χ0n) is 11.3. The third kappa shape index (κ3) is 2.94. The first-order valence-electron chi connectivity index (χ1n) is 6.32. The van der Waals surface area contributed by atoms with Gasteiger partial charge in [0.2, 0.25) is 0 Å². The normalized spacial score (nSPS) is 11.2. The summed E-state index contributed by atoms with van der Waals surface area (Å²) in [5.74, 6) is 1.01. The van der Waals surface area contributed by atoms with E-state index >= 15 is 0 Å². The number of aromatic amines is 1. The van der Waals surface area contributed by atoms with Crippen molar-refractivity contribution >= 4 is 15.9 Å². The second kappa shape index (κ2) is 5.69. The monoisotopic (exact) mass is 324 g/mol. The highest BCUT2D eigenvalue weighted by atomic mass is 79.9. The van der Waals surface area contributed by atoms with Gasteiger partial charge in [0.25, 0.3) is 5.56 Å². The smallest absolute Gasteiger partial charge is 0.265 e. The molecule has 6 heteroatoms. The highest BCUT2D eigenvalue weighted by Gasteiger charge is 2.13. The summed E-state index contributed by atoms with van der Waals surface area (Å²) >= 11 is 3.31. The second-order valence-electron chi connectivity index (χ2n) is 4.84. The van der Waals surface area contributed by atoms with Crippen LogP contribution in [0.3, 0.4) is 0 Å². The molecule has 0 radical (unpaired) electrons. The Kier molecular flexibility index (Phi) is 4.19. The molecule has 102 valence electrons. The van der Waals surface area contributed by atoms with Crippen molar-refractivity contribution in [2.75, 3.05) is 0 Å². The SMILES string of the molecule is CCn1cncc1-c1nc(CC(C)C)c(Br)c(=O)[nH]1. The first kappa shape index (κ1) is 14.0. The number of H-pyrrole nitrogens is 1. The molecule has 5 nitrogen and oxygen atoms in total. The molecule has 0 aromatic carbocycles. The highest BCUT2D eigenvalue weighted by molar-refractivity contribution is 9.10. The molecule has 0 saturated heterocycles. The van der Waals surface area contributed by atoms with E-state index < -0.39 is 0 Å². The number of nitrogens with zero attached hydrogens (tertiary/aromatic N) is 3. The van der Waals surface area contributed by atoms with Crippen molar-refractivity contribution in [3.63, 3.8) is 0 Å². The number of hydrogen-bond acceptors (Lipinski definition) is 3. The van der Waals surface area contributed by atoms with Crippen molar-refractivity contribution in [1.82, 2.24) is 19.5 Å². The van der Waals surface area contributed by atoms with Crippen LogP contribution >= 0.6 is 15.9 Å². The maximum absolute atomic E-state index is 12.0. The van der Waals surface area contributed by atoms with Crippen LogP contribution in [-0.2, 0) is 13.0 Å². The molecule has 0 aliphatic heterocycles. The number of hydrogen-bond donors (Lipinski definition) is 1. The maximum atomic E-state index is 12.0. The van der Waals surface area contributed by atoms with E-state index in [9.17, 15) is 4.79 Å². The molecule has 0 aliphatic rings. The molecule has 0 spiro atoms. The fourth-order valence-corrected chi connectivity index (χ4v) is 2.27. The summed E-state index contributed by atoms with van der Waals surface area (Å²) in [6.45, 7) is 7.02. The number of aryl methyl sites for hydroxylation is 1. The van der Waals surface area contributed by atoms with Gasteiger partial charge in [0, 0.05) is 6.54 Å². The molecule has 2 aromatic heterocycles. The summed E-state index contributed by atoms with van der Waals surface area (Å²) in [5.41, 5.74) is 1.47. The van der Waals surface area contributed by atoms with Crippen LogP contribution in [0.5, 0.6) is 0 Å². The fraction of sp³-hybridized carbons (Fsp3) is 0.462. The van der Waals surface area contributed by atoms with E-state index in [1.54, 1.807) is 12.5 Å². The Balaban J connectivity index is 2.53. The van der Waals surface area contributed by atoms with Gasteiger partial charge in [-0.3, -0.25) is 4.79 Å². The number of aromatic nitrogens is 4. The molecule has 0 amide bonds. The van der Waals surface area contributed by atoms with Gasteiger partial charge in [0.05, 0.1) is 18.2 Å². The Hall–Kier alpha value is -1.43. The largest absolute Gasteiger partial charge is 0.328 e. The molecule has 0 bridgehead atoms. The Morgan fingerprint density at radius 2 is 2.21 bits per heavy atom. The van der Waals surface area contributed by atoms with Gasteiger partial charge >= 0.3 is 0 Å². The average molecular weight is 325 g/mol. The molecule has 0 atom stereocenters. The zero-order chi connectivity index (χ0) is 14.0. The molecule has 2 heterocycles. The summed E-state index contributed by atoms with van der Waals surface area (Å²) in [4.78, 5) is 23.4. The van der Waals surface area contributed by atoms with Gasteiger partial charge in [-0.1, -0.05) is 13.8 Å². The standard InChI is InChI=1S/C13H17BrN4O/c1-4-18-7-15-6-10(18)12-16-9(5-8(2)3)11(14)13(19)17-12/h6-8H,4-5H2,1-3H3,(H,16,17,19). The Bertz CT molecular complexity index is 630. The van der Waals surface area contributed by atoms with Gasteiger partial charge in [-0.2, -0.15) is 0 Å². The van der Waals surface area contributed by atoms with E-state index in [0.717, 1.165) is 24.4 Å². The first-order valence-corrected chi connectivity index (χ1v) is 7.11. The summed E-state index contributed by atoms with van der Waals surface area (Å²) in [7, 11) is 0. The maximum Gasteiger partial charge on any atom is 0.265 e. The lowest BCUT2D eigenvalue weighted by Gasteiger charge is -2.09. The Morgan fingerprint density at radius 3 is 2.84 bits per heavy atom. The van der Waals surface area contributed by atoms with Crippen LogP contribution in [-0.4, -0.2) is 19.5 Å². The molecule has 2 rings (SSSR count). The number of halogens is 1. The van der Waals surface area contributed by atoms with E-state index in [-0.39, 0.29) is 5.56 Å². The Morgan fingerprint density at radius 1 is 1.47 bits per heavy atom. The van der Waals surface area contributed by atoms with Crippen LogP contribution < -0.4 is 5.56 Å². The fourth-order valence-electron chi connectivity index (χ4n) is 1.92. The number of nitrogens with one attached hydrogen (secondary N) is 1. The lowest BCUT2D eigenvalue weighted by Crippen LogP contribution is -2.16. The quantitative estimate of drug-likeness (QED) is 0.940. The van der Waals surface area contributed by atoms with Gasteiger partial charge in [-0.15, -0.1) is 0 Å². The van der Waals surface area contributed by atoms with E-state index in [4.69, 9.17) is 0 Å². The van der Waals surface area contributed by atoms with Crippen molar-refractivity contribution < 1.29 is 0 Å². The summed E-state index contributed by atoms with van der Waals surface area (Å²) in [5, 5.41) is 0. The van der Waals surface area contributed by atoms with Crippen molar-refractivity contribution in [2.45, 2.75) is 33.7 Å². The van der Waals surface area contributed by atoms with Crippen molar-refractivity contribution in [2.24, 2.45) is 5.92 Å². The molecule has 1 N–H and O–H groups in total. The molecule has 19 heavy (non-hydrogen) atoms. The first-order chi connectivity index (χ1) is 9.02.